The summed E-state index contributed by atoms with van der Waals surface area (Å²) in [6.45, 7) is 1.06. The molecule has 1 atom stereocenters. The van der Waals surface area contributed by atoms with E-state index >= 15 is 0 Å². The van der Waals surface area contributed by atoms with Crippen LogP contribution in [0, 0.1) is 5.82 Å². The van der Waals surface area contributed by atoms with Crippen LogP contribution in [0.2, 0.25) is 5.02 Å². The lowest BCUT2D eigenvalue weighted by molar-refractivity contribution is 0.332. The molecule has 0 saturated heterocycles. The van der Waals surface area contributed by atoms with Crippen LogP contribution in [0.15, 0.2) is 53.5 Å². The second-order valence-electron chi connectivity index (χ2n) is 4.99. The van der Waals surface area contributed by atoms with Crippen molar-refractivity contribution in [2.75, 3.05) is 6.54 Å². The number of aliphatic imine (C=N–C) groups is 1. The molecule has 3 nitrogen and oxygen atoms in total. The van der Waals surface area contributed by atoms with Crippen molar-refractivity contribution in [1.29, 1.82) is 0 Å². The third-order valence-electron chi connectivity index (χ3n) is 3.61. The van der Waals surface area contributed by atoms with E-state index in [2.05, 4.69) is 4.99 Å². The molecule has 1 heterocycles. The molecule has 5 heteroatoms. The second kappa shape index (κ2) is 5.74. The van der Waals surface area contributed by atoms with E-state index < -0.39 is 0 Å². The predicted molar refractivity (Wildman–Crippen MR) is 82.6 cm³/mol. The van der Waals surface area contributed by atoms with E-state index in [-0.39, 0.29) is 11.9 Å². The fraction of sp³-hybridized carbons (Fsp3) is 0.188. The smallest absolute Gasteiger partial charge is 0.192 e. The van der Waals surface area contributed by atoms with Gasteiger partial charge in [-0.15, -0.1) is 0 Å². The summed E-state index contributed by atoms with van der Waals surface area (Å²) in [5.41, 5.74) is 7.64. The molecule has 1 unspecified atom stereocenters. The van der Waals surface area contributed by atoms with Gasteiger partial charge in [0, 0.05) is 17.1 Å². The molecule has 108 valence electrons. The Morgan fingerprint density at radius 2 is 2.00 bits per heavy atom. The fourth-order valence-corrected chi connectivity index (χ4v) is 2.70. The summed E-state index contributed by atoms with van der Waals surface area (Å²) in [5, 5.41) is 0.387. The molecule has 3 rings (SSSR count). The zero-order chi connectivity index (χ0) is 14.8. The average Bonchev–Trinajstić information content (AvgIpc) is 2.82. The lowest BCUT2D eigenvalue weighted by Gasteiger charge is -2.27. The Morgan fingerprint density at radius 3 is 2.71 bits per heavy atom. The Balaban J connectivity index is 1.88. The summed E-state index contributed by atoms with van der Waals surface area (Å²) >= 11 is 5.81. The highest BCUT2D eigenvalue weighted by Crippen LogP contribution is 2.30. The number of halogens is 2. The zero-order valence-corrected chi connectivity index (χ0v) is 12.1. The quantitative estimate of drug-likeness (QED) is 0.945. The van der Waals surface area contributed by atoms with Gasteiger partial charge in [-0.2, -0.15) is 0 Å². The third kappa shape index (κ3) is 2.85. The van der Waals surface area contributed by atoms with Crippen LogP contribution in [0.3, 0.4) is 0 Å². The summed E-state index contributed by atoms with van der Waals surface area (Å²) < 4.78 is 14.1. The van der Waals surface area contributed by atoms with E-state index in [1.165, 1.54) is 6.07 Å². The average molecular weight is 304 g/mol. The van der Waals surface area contributed by atoms with Gasteiger partial charge in [0.2, 0.25) is 0 Å². The van der Waals surface area contributed by atoms with Crippen LogP contribution in [0.5, 0.6) is 0 Å². The van der Waals surface area contributed by atoms with E-state index in [1.54, 1.807) is 12.1 Å². The van der Waals surface area contributed by atoms with Crippen LogP contribution in [0.1, 0.15) is 17.2 Å². The monoisotopic (exact) mass is 303 g/mol. The first-order valence-corrected chi connectivity index (χ1v) is 7.08. The van der Waals surface area contributed by atoms with E-state index in [1.807, 2.05) is 35.2 Å². The van der Waals surface area contributed by atoms with Gasteiger partial charge in [-0.05, 0) is 17.7 Å². The lowest BCUT2D eigenvalue weighted by atomic mass is 10.0. The minimum absolute atomic E-state index is 0.192. The summed E-state index contributed by atoms with van der Waals surface area (Å²) in [6, 6.07) is 14.5. The highest BCUT2D eigenvalue weighted by molar-refractivity contribution is 6.30. The Hall–Kier alpha value is -2.07. The van der Waals surface area contributed by atoms with Crippen LogP contribution < -0.4 is 5.73 Å². The maximum Gasteiger partial charge on any atom is 0.192 e. The highest BCUT2D eigenvalue weighted by Gasteiger charge is 2.29. The van der Waals surface area contributed by atoms with Gasteiger partial charge < -0.3 is 10.6 Å². The number of rotatable bonds is 3. The van der Waals surface area contributed by atoms with E-state index in [9.17, 15) is 4.39 Å². The first-order chi connectivity index (χ1) is 10.1. The van der Waals surface area contributed by atoms with Gasteiger partial charge in [0.15, 0.2) is 5.96 Å². The standard InChI is InChI=1S/C16H15ClFN3/c17-12-6-7-13(14(18)8-12)15-9-20-16(19)21(15)10-11-4-2-1-3-5-11/h1-8,15H,9-10H2,(H2,19,20). The second-order valence-corrected chi connectivity index (χ2v) is 5.43. The number of nitrogens with two attached hydrogens (primary N) is 1. The fourth-order valence-electron chi connectivity index (χ4n) is 2.54. The number of hydrogen-bond donors (Lipinski definition) is 1. The maximum absolute atomic E-state index is 14.1. The molecule has 0 fully saturated rings. The van der Waals surface area contributed by atoms with Crippen LogP contribution in [-0.4, -0.2) is 17.4 Å². The third-order valence-corrected chi connectivity index (χ3v) is 3.85. The van der Waals surface area contributed by atoms with E-state index in [4.69, 9.17) is 17.3 Å². The number of nitrogens with zero attached hydrogens (tertiary/aromatic N) is 2. The molecular formula is C16H15ClFN3. The maximum atomic E-state index is 14.1. The molecule has 0 aromatic heterocycles. The van der Waals surface area contributed by atoms with Crippen LogP contribution >= 0.6 is 11.6 Å². The number of benzene rings is 2. The summed E-state index contributed by atoms with van der Waals surface area (Å²) in [6.07, 6.45) is 0. The van der Waals surface area contributed by atoms with Crippen molar-refractivity contribution in [2.45, 2.75) is 12.6 Å². The topological polar surface area (TPSA) is 41.6 Å². The summed E-state index contributed by atoms with van der Waals surface area (Å²) in [4.78, 5) is 6.17. The number of guanidine groups is 1. The van der Waals surface area contributed by atoms with Crippen molar-refractivity contribution >= 4 is 17.6 Å². The van der Waals surface area contributed by atoms with Gasteiger partial charge >= 0.3 is 0 Å². The molecule has 0 aliphatic carbocycles. The Kier molecular flexibility index (Phi) is 3.80. The predicted octanol–water partition coefficient (Wildman–Crippen LogP) is 3.35. The largest absolute Gasteiger partial charge is 0.370 e. The zero-order valence-electron chi connectivity index (χ0n) is 11.3. The van der Waals surface area contributed by atoms with Crippen molar-refractivity contribution < 1.29 is 4.39 Å². The SMILES string of the molecule is NC1=NCC(c2ccc(Cl)cc2F)N1Cc1ccccc1. The minimum Gasteiger partial charge on any atom is -0.370 e. The van der Waals surface area contributed by atoms with Crippen LogP contribution in [0.25, 0.3) is 0 Å². The first-order valence-electron chi connectivity index (χ1n) is 6.70. The van der Waals surface area contributed by atoms with Gasteiger partial charge in [0.05, 0.1) is 12.6 Å². The van der Waals surface area contributed by atoms with Gasteiger partial charge in [-0.1, -0.05) is 48.0 Å². The molecule has 1 aliphatic heterocycles. The Labute approximate surface area is 127 Å². The van der Waals surface area contributed by atoms with E-state index in [0.717, 1.165) is 5.56 Å². The molecule has 0 amide bonds. The minimum atomic E-state index is -0.324. The highest BCUT2D eigenvalue weighted by atomic mass is 35.5. The van der Waals surface area contributed by atoms with Gasteiger partial charge in [-0.25, -0.2) is 4.39 Å². The lowest BCUT2D eigenvalue weighted by Crippen LogP contribution is -2.35. The molecule has 0 saturated carbocycles. The molecule has 2 aromatic rings. The molecule has 0 spiro atoms. The van der Waals surface area contributed by atoms with Crippen LogP contribution in [-0.2, 0) is 6.54 Å². The summed E-state index contributed by atoms with van der Waals surface area (Å²) in [7, 11) is 0. The Morgan fingerprint density at radius 1 is 1.24 bits per heavy atom. The molecule has 0 bridgehead atoms. The molecule has 0 radical (unpaired) electrons. The molecule has 2 aromatic carbocycles. The Bertz CT molecular complexity index is 672. The first kappa shape index (κ1) is 13.9. The normalized spacial score (nSPS) is 17.9. The van der Waals surface area contributed by atoms with Crippen molar-refractivity contribution in [3.05, 3.63) is 70.5 Å². The van der Waals surface area contributed by atoms with Gasteiger partial charge in [0.1, 0.15) is 5.82 Å². The van der Waals surface area contributed by atoms with Crippen molar-refractivity contribution in [3.63, 3.8) is 0 Å². The summed E-state index contributed by atoms with van der Waals surface area (Å²) in [5.74, 6) is 0.119. The van der Waals surface area contributed by atoms with E-state index in [0.29, 0.717) is 29.6 Å². The van der Waals surface area contributed by atoms with Gasteiger partial charge in [0.25, 0.3) is 0 Å². The molecule has 1 aliphatic rings. The van der Waals surface area contributed by atoms with Crippen molar-refractivity contribution in [3.8, 4) is 0 Å². The molecule has 2 N–H and O–H groups in total. The van der Waals surface area contributed by atoms with Crippen molar-refractivity contribution in [2.24, 2.45) is 10.7 Å². The molecule has 21 heavy (non-hydrogen) atoms. The van der Waals surface area contributed by atoms with Gasteiger partial charge in [-0.3, -0.25) is 4.99 Å². The number of hydrogen-bond acceptors (Lipinski definition) is 3. The van der Waals surface area contributed by atoms with Crippen molar-refractivity contribution in [1.82, 2.24) is 4.90 Å². The van der Waals surface area contributed by atoms with Crippen LogP contribution in [0.4, 0.5) is 4.39 Å². The molecular weight excluding hydrogens is 289 g/mol.